The van der Waals surface area contributed by atoms with Gasteiger partial charge in [0.05, 0.1) is 23.5 Å². The van der Waals surface area contributed by atoms with Crippen LogP contribution in [0.3, 0.4) is 0 Å². The van der Waals surface area contributed by atoms with Crippen molar-refractivity contribution in [1.29, 1.82) is 0 Å². The van der Waals surface area contributed by atoms with Gasteiger partial charge in [-0.1, -0.05) is 0 Å². The Morgan fingerprint density at radius 1 is 1.40 bits per heavy atom. The molecule has 0 amide bonds. The third-order valence-corrected chi connectivity index (χ3v) is 4.23. The van der Waals surface area contributed by atoms with Gasteiger partial charge in [-0.05, 0) is 31.4 Å². The number of imidazole rings is 1. The van der Waals surface area contributed by atoms with Gasteiger partial charge in [-0.15, -0.1) is 11.6 Å². The lowest BCUT2D eigenvalue weighted by Gasteiger charge is -2.22. The largest absolute Gasteiger partial charge is 0.379 e. The maximum Gasteiger partial charge on any atom is 0.184 e. The molecule has 1 aliphatic carbocycles. The Morgan fingerprint density at radius 2 is 2.20 bits per heavy atom. The van der Waals surface area contributed by atoms with Crippen molar-refractivity contribution >= 4 is 22.6 Å². The van der Waals surface area contributed by atoms with Gasteiger partial charge in [0.2, 0.25) is 0 Å². The molecule has 0 saturated heterocycles. The molecule has 2 aromatic rings. The van der Waals surface area contributed by atoms with Gasteiger partial charge in [0.15, 0.2) is 11.6 Å². The Bertz CT molecular complexity index is 644. The molecule has 1 aliphatic rings. The van der Waals surface area contributed by atoms with Crippen LogP contribution in [0.4, 0.5) is 8.78 Å². The monoisotopic (exact) mass is 300 g/mol. The molecule has 0 radical (unpaired) electrons. The summed E-state index contributed by atoms with van der Waals surface area (Å²) >= 11 is 5.92. The van der Waals surface area contributed by atoms with E-state index in [0.29, 0.717) is 11.3 Å². The molecule has 0 spiro atoms. The Balaban J connectivity index is 2.24. The van der Waals surface area contributed by atoms with Crippen molar-refractivity contribution in [1.82, 2.24) is 9.55 Å². The molecule has 2 atom stereocenters. The third kappa shape index (κ3) is 2.00. The predicted octanol–water partition coefficient (Wildman–Crippen LogP) is 3.79. The van der Waals surface area contributed by atoms with Crippen molar-refractivity contribution in [2.75, 3.05) is 7.11 Å². The Hall–Kier alpha value is -1.20. The highest BCUT2D eigenvalue weighted by molar-refractivity contribution is 6.16. The van der Waals surface area contributed by atoms with Crippen molar-refractivity contribution in [3.8, 4) is 0 Å². The average Bonchev–Trinajstić information content (AvgIpc) is 3.05. The molecule has 1 aromatic carbocycles. The van der Waals surface area contributed by atoms with Gasteiger partial charge in [-0.3, -0.25) is 0 Å². The summed E-state index contributed by atoms with van der Waals surface area (Å²) in [6.07, 6.45) is 2.72. The van der Waals surface area contributed by atoms with Crippen molar-refractivity contribution in [3.05, 3.63) is 29.6 Å². The summed E-state index contributed by atoms with van der Waals surface area (Å²) in [5.41, 5.74) is 0.621. The highest BCUT2D eigenvalue weighted by Gasteiger charge is 2.32. The number of benzene rings is 1. The number of nitrogens with zero attached hydrogens (tertiary/aromatic N) is 2. The van der Waals surface area contributed by atoms with E-state index in [1.54, 1.807) is 11.7 Å². The number of hydrogen-bond donors (Lipinski definition) is 0. The first-order valence-corrected chi connectivity index (χ1v) is 7.14. The van der Waals surface area contributed by atoms with Gasteiger partial charge in [-0.2, -0.15) is 0 Å². The second-order valence-electron chi connectivity index (χ2n) is 5.03. The van der Waals surface area contributed by atoms with Crippen LogP contribution in [-0.4, -0.2) is 22.8 Å². The minimum atomic E-state index is -0.869. The molecule has 1 saturated carbocycles. The first kappa shape index (κ1) is 13.8. The summed E-state index contributed by atoms with van der Waals surface area (Å²) in [6, 6.07) is 2.53. The van der Waals surface area contributed by atoms with Crippen LogP contribution in [0.1, 0.15) is 31.1 Å². The van der Waals surface area contributed by atoms with Crippen molar-refractivity contribution in [2.45, 2.75) is 37.3 Å². The van der Waals surface area contributed by atoms with Crippen molar-refractivity contribution in [3.63, 3.8) is 0 Å². The molecule has 2 unspecified atom stereocenters. The number of fused-ring (bicyclic) bond motifs is 1. The van der Waals surface area contributed by atoms with Crippen LogP contribution in [0.2, 0.25) is 0 Å². The van der Waals surface area contributed by atoms with Gasteiger partial charge in [0.25, 0.3) is 0 Å². The first-order valence-electron chi connectivity index (χ1n) is 6.61. The Labute approximate surface area is 120 Å². The van der Waals surface area contributed by atoms with E-state index >= 15 is 0 Å². The topological polar surface area (TPSA) is 27.1 Å². The number of hydrogen-bond acceptors (Lipinski definition) is 2. The smallest absolute Gasteiger partial charge is 0.184 e. The third-order valence-electron chi connectivity index (χ3n) is 3.99. The fourth-order valence-electron chi connectivity index (χ4n) is 3.10. The molecule has 20 heavy (non-hydrogen) atoms. The van der Waals surface area contributed by atoms with E-state index in [-0.39, 0.29) is 23.5 Å². The second kappa shape index (κ2) is 5.30. The molecule has 6 heteroatoms. The van der Waals surface area contributed by atoms with Crippen LogP contribution in [0, 0.1) is 11.6 Å². The quantitative estimate of drug-likeness (QED) is 0.806. The summed E-state index contributed by atoms with van der Waals surface area (Å²) in [5, 5.41) is 0. The van der Waals surface area contributed by atoms with Gasteiger partial charge < -0.3 is 9.30 Å². The number of methoxy groups -OCH3 is 1. The van der Waals surface area contributed by atoms with Crippen molar-refractivity contribution in [2.24, 2.45) is 0 Å². The lowest BCUT2D eigenvalue weighted by molar-refractivity contribution is 0.0753. The van der Waals surface area contributed by atoms with Crippen LogP contribution in [0.5, 0.6) is 0 Å². The maximum absolute atomic E-state index is 14.2. The van der Waals surface area contributed by atoms with Gasteiger partial charge in [0.1, 0.15) is 11.3 Å². The van der Waals surface area contributed by atoms with Gasteiger partial charge in [0, 0.05) is 7.11 Å². The normalized spacial score (nSPS) is 22.8. The lowest BCUT2D eigenvalue weighted by Crippen LogP contribution is -2.22. The molecule has 3 nitrogen and oxygen atoms in total. The van der Waals surface area contributed by atoms with E-state index < -0.39 is 11.6 Å². The number of alkyl halides is 1. The number of rotatable bonds is 3. The number of ether oxygens (including phenoxy) is 1. The molecule has 0 bridgehead atoms. The Kier molecular flexibility index (Phi) is 3.65. The predicted molar refractivity (Wildman–Crippen MR) is 72.9 cm³/mol. The second-order valence-corrected chi connectivity index (χ2v) is 5.30. The minimum Gasteiger partial charge on any atom is -0.379 e. The number of aromatic nitrogens is 2. The zero-order chi connectivity index (χ0) is 14.3. The highest BCUT2D eigenvalue weighted by Crippen LogP contribution is 2.37. The highest BCUT2D eigenvalue weighted by atomic mass is 35.5. The molecule has 1 aromatic heterocycles. The lowest BCUT2D eigenvalue weighted by atomic mass is 10.2. The molecule has 108 valence electrons. The molecular formula is C14H15ClF2N2O. The van der Waals surface area contributed by atoms with E-state index in [9.17, 15) is 8.78 Å². The zero-order valence-corrected chi connectivity index (χ0v) is 11.8. The van der Waals surface area contributed by atoms with E-state index in [2.05, 4.69) is 4.98 Å². The fourth-order valence-corrected chi connectivity index (χ4v) is 3.29. The van der Waals surface area contributed by atoms with Gasteiger partial charge in [-0.25, -0.2) is 13.8 Å². The first-order chi connectivity index (χ1) is 9.67. The van der Waals surface area contributed by atoms with E-state index in [1.165, 1.54) is 6.07 Å². The van der Waals surface area contributed by atoms with Crippen LogP contribution < -0.4 is 0 Å². The average molecular weight is 301 g/mol. The van der Waals surface area contributed by atoms with Crippen LogP contribution >= 0.6 is 11.6 Å². The molecule has 1 heterocycles. The van der Waals surface area contributed by atoms with E-state index in [0.717, 1.165) is 25.3 Å². The zero-order valence-electron chi connectivity index (χ0n) is 11.1. The summed E-state index contributed by atoms with van der Waals surface area (Å²) in [7, 11) is 1.64. The van der Waals surface area contributed by atoms with Gasteiger partial charge >= 0.3 is 0 Å². The molecule has 0 N–H and O–H groups in total. The summed E-state index contributed by atoms with van der Waals surface area (Å²) in [6.45, 7) is 0. The standard InChI is InChI=1S/C14H15ClF2N2O/c1-20-11-4-2-3-10(11)19-12(7-15)18-9-6-5-8(16)13(17)14(9)19/h5-6,10-11H,2-4,7H2,1H3. The van der Waals surface area contributed by atoms with Crippen molar-refractivity contribution < 1.29 is 13.5 Å². The molecular weight excluding hydrogens is 286 g/mol. The number of halogens is 3. The van der Waals surface area contributed by atoms with Crippen LogP contribution in [-0.2, 0) is 10.6 Å². The SMILES string of the molecule is COC1CCCC1n1c(CCl)nc2ccc(F)c(F)c21. The fraction of sp³-hybridized carbons (Fsp3) is 0.500. The summed E-state index contributed by atoms with van der Waals surface area (Å²) < 4.78 is 34.9. The summed E-state index contributed by atoms with van der Waals surface area (Å²) in [5.74, 6) is -1.03. The maximum atomic E-state index is 14.2. The van der Waals surface area contributed by atoms with E-state index in [1.807, 2.05) is 0 Å². The molecule has 1 fully saturated rings. The van der Waals surface area contributed by atoms with Crippen LogP contribution in [0.15, 0.2) is 12.1 Å². The van der Waals surface area contributed by atoms with Crippen LogP contribution in [0.25, 0.3) is 11.0 Å². The molecule has 3 rings (SSSR count). The summed E-state index contributed by atoms with van der Waals surface area (Å²) in [4.78, 5) is 4.32. The van der Waals surface area contributed by atoms with E-state index in [4.69, 9.17) is 16.3 Å². The minimum absolute atomic E-state index is 0.0166. The molecule has 0 aliphatic heterocycles. The Morgan fingerprint density at radius 3 is 2.90 bits per heavy atom.